The topological polar surface area (TPSA) is 32.3 Å². The monoisotopic (exact) mass is 282 g/mol. The molecule has 3 rings (SSSR count). The standard InChI is InChI=1S/C14H13F3N2O/c15-14(16,17)11-4-1-3-10-9(11)5-6-12(10)19-8-2-7-18-13(19)20/h1-4,7,12H,5-6,8H2,(H,18,20)/t12-/m1/s1. The van der Waals surface area contributed by atoms with Crippen LogP contribution in [0.15, 0.2) is 30.5 Å². The highest BCUT2D eigenvalue weighted by Crippen LogP contribution is 2.42. The van der Waals surface area contributed by atoms with Crippen LogP contribution in [0.1, 0.15) is 29.2 Å². The quantitative estimate of drug-likeness (QED) is 0.842. The van der Waals surface area contributed by atoms with Crippen molar-refractivity contribution in [2.45, 2.75) is 25.1 Å². The summed E-state index contributed by atoms with van der Waals surface area (Å²) in [6.07, 6.45) is -0.120. The predicted molar refractivity (Wildman–Crippen MR) is 66.9 cm³/mol. The maximum atomic E-state index is 13.0. The van der Waals surface area contributed by atoms with Crippen molar-refractivity contribution in [3.8, 4) is 0 Å². The van der Waals surface area contributed by atoms with Gasteiger partial charge in [-0.25, -0.2) is 4.79 Å². The fraction of sp³-hybridized carbons (Fsp3) is 0.357. The Hall–Kier alpha value is -1.98. The molecule has 1 aliphatic heterocycles. The van der Waals surface area contributed by atoms with Crippen molar-refractivity contribution in [1.82, 2.24) is 10.2 Å². The molecule has 0 saturated carbocycles. The van der Waals surface area contributed by atoms with Gasteiger partial charge in [-0.3, -0.25) is 0 Å². The number of amides is 2. The van der Waals surface area contributed by atoms with Gasteiger partial charge in [0.05, 0.1) is 11.6 Å². The molecular formula is C14H13F3N2O. The average molecular weight is 282 g/mol. The molecule has 0 fully saturated rings. The molecular weight excluding hydrogens is 269 g/mol. The van der Waals surface area contributed by atoms with Gasteiger partial charge in [0.25, 0.3) is 0 Å². The fourth-order valence-electron chi connectivity index (χ4n) is 2.95. The van der Waals surface area contributed by atoms with Gasteiger partial charge in [-0.05, 0) is 36.1 Å². The second-order valence-corrected chi connectivity index (χ2v) is 4.93. The minimum absolute atomic E-state index is 0.261. The van der Waals surface area contributed by atoms with Crippen LogP contribution in [0.4, 0.5) is 18.0 Å². The van der Waals surface area contributed by atoms with Crippen LogP contribution < -0.4 is 5.32 Å². The normalized spacial score (nSPS) is 21.9. The largest absolute Gasteiger partial charge is 0.416 e. The number of hydrogen-bond acceptors (Lipinski definition) is 1. The fourth-order valence-corrected chi connectivity index (χ4v) is 2.95. The van der Waals surface area contributed by atoms with E-state index in [1.807, 2.05) is 0 Å². The Labute approximate surface area is 114 Å². The van der Waals surface area contributed by atoms with Gasteiger partial charge < -0.3 is 10.2 Å². The molecule has 1 aromatic rings. The van der Waals surface area contributed by atoms with E-state index in [9.17, 15) is 18.0 Å². The summed E-state index contributed by atoms with van der Waals surface area (Å²) in [6, 6.07) is 3.67. The second kappa shape index (κ2) is 4.54. The van der Waals surface area contributed by atoms with Gasteiger partial charge in [0.2, 0.25) is 0 Å². The third-order valence-corrected chi connectivity index (χ3v) is 3.81. The van der Waals surface area contributed by atoms with E-state index < -0.39 is 11.7 Å². The van der Waals surface area contributed by atoms with E-state index in [0.29, 0.717) is 30.5 Å². The van der Waals surface area contributed by atoms with Crippen LogP contribution in [0.3, 0.4) is 0 Å². The number of fused-ring (bicyclic) bond motifs is 1. The molecule has 0 aromatic heterocycles. The van der Waals surface area contributed by atoms with Crippen LogP contribution in [-0.4, -0.2) is 17.5 Å². The molecule has 1 aromatic carbocycles. The van der Waals surface area contributed by atoms with Crippen molar-refractivity contribution in [3.05, 3.63) is 47.2 Å². The molecule has 0 spiro atoms. The summed E-state index contributed by atoms with van der Waals surface area (Å²) in [6.45, 7) is 0.423. The maximum Gasteiger partial charge on any atom is 0.416 e. The van der Waals surface area contributed by atoms with E-state index >= 15 is 0 Å². The van der Waals surface area contributed by atoms with Crippen LogP contribution in [0.5, 0.6) is 0 Å². The number of alkyl halides is 3. The van der Waals surface area contributed by atoms with Gasteiger partial charge in [0.1, 0.15) is 0 Å². The van der Waals surface area contributed by atoms with E-state index in [4.69, 9.17) is 0 Å². The molecule has 106 valence electrons. The number of halogens is 3. The smallest absolute Gasteiger partial charge is 0.315 e. The zero-order valence-corrected chi connectivity index (χ0v) is 10.6. The first-order chi connectivity index (χ1) is 9.48. The number of rotatable bonds is 1. The molecule has 1 aliphatic carbocycles. The SMILES string of the molecule is O=C1NC=CCN1[C@@H]1CCc2c1cccc2C(F)(F)F. The summed E-state index contributed by atoms with van der Waals surface area (Å²) in [4.78, 5) is 13.4. The number of urea groups is 1. The van der Waals surface area contributed by atoms with Gasteiger partial charge in [0.15, 0.2) is 0 Å². The van der Waals surface area contributed by atoms with Crippen molar-refractivity contribution in [2.75, 3.05) is 6.54 Å². The summed E-state index contributed by atoms with van der Waals surface area (Å²) in [5.41, 5.74) is 0.364. The third kappa shape index (κ3) is 2.05. The summed E-state index contributed by atoms with van der Waals surface area (Å²) in [7, 11) is 0. The van der Waals surface area contributed by atoms with Crippen LogP contribution in [0.2, 0.25) is 0 Å². The lowest BCUT2D eigenvalue weighted by molar-refractivity contribution is -0.138. The second-order valence-electron chi connectivity index (χ2n) is 4.93. The number of hydrogen-bond donors (Lipinski definition) is 1. The van der Waals surface area contributed by atoms with Crippen molar-refractivity contribution in [1.29, 1.82) is 0 Å². The first-order valence-electron chi connectivity index (χ1n) is 6.39. The molecule has 1 N–H and O–H groups in total. The summed E-state index contributed by atoms with van der Waals surface area (Å²) >= 11 is 0. The number of nitrogens with one attached hydrogen (secondary N) is 1. The zero-order chi connectivity index (χ0) is 14.3. The van der Waals surface area contributed by atoms with E-state index in [2.05, 4.69) is 5.32 Å². The van der Waals surface area contributed by atoms with Crippen LogP contribution in [0.25, 0.3) is 0 Å². The van der Waals surface area contributed by atoms with Crippen molar-refractivity contribution in [3.63, 3.8) is 0 Å². The molecule has 0 saturated heterocycles. The molecule has 0 bridgehead atoms. The van der Waals surface area contributed by atoms with E-state index in [0.717, 1.165) is 6.07 Å². The number of benzene rings is 1. The minimum Gasteiger partial charge on any atom is -0.315 e. The first kappa shape index (κ1) is 13.0. The van der Waals surface area contributed by atoms with Crippen LogP contribution in [0, 0.1) is 0 Å². The van der Waals surface area contributed by atoms with E-state index in [-0.39, 0.29) is 12.1 Å². The Morgan fingerprint density at radius 3 is 2.80 bits per heavy atom. The number of carbonyl (C=O) groups excluding carboxylic acids is 1. The molecule has 2 amide bonds. The molecule has 20 heavy (non-hydrogen) atoms. The van der Waals surface area contributed by atoms with Crippen molar-refractivity contribution >= 4 is 6.03 Å². The lowest BCUT2D eigenvalue weighted by Crippen LogP contribution is -2.42. The van der Waals surface area contributed by atoms with Crippen LogP contribution in [-0.2, 0) is 12.6 Å². The lowest BCUT2D eigenvalue weighted by atomic mass is 10.0. The van der Waals surface area contributed by atoms with Gasteiger partial charge in [-0.2, -0.15) is 13.2 Å². The maximum absolute atomic E-state index is 13.0. The van der Waals surface area contributed by atoms with E-state index in [1.54, 1.807) is 23.2 Å². The molecule has 3 nitrogen and oxygen atoms in total. The summed E-state index contributed by atoms with van der Waals surface area (Å²) in [5.74, 6) is 0. The van der Waals surface area contributed by atoms with Gasteiger partial charge in [-0.15, -0.1) is 0 Å². The van der Waals surface area contributed by atoms with Crippen molar-refractivity contribution < 1.29 is 18.0 Å². The first-order valence-corrected chi connectivity index (χ1v) is 6.39. The Kier molecular flexibility index (Phi) is 2.96. The Morgan fingerprint density at radius 2 is 2.10 bits per heavy atom. The van der Waals surface area contributed by atoms with Crippen LogP contribution >= 0.6 is 0 Å². The van der Waals surface area contributed by atoms with Gasteiger partial charge in [0, 0.05) is 12.7 Å². The Balaban J connectivity index is 1.99. The van der Waals surface area contributed by atoms with Crippen molar-refractivity contribution in [2.24, 2.45) is 0 Å². The zero-order valence-electron chi connectivity index (χ0n) is 10.6. The molecule has 0 radical (unpaired) electrons. The highest BCUT2D eigenvalue weighted by atomic mass is 19.4. The Morgan fingerprint density at radius 1 is 1.30 bits per heavy atom. The predicted octanol–water partition coefficient (Wildman–Crippen LogP) is 3.23. The molecule has 0 unspecified atom stereocenters. The highest BCUT2D eigenvalue weighted by Gasteiger charge is 2.39. The van der Waals surface area contributed by atoms with Gasteiger partial charge in [-0.1, -0.05) is 12.1 Å². The Bertz CT molecular complexity index is 580. The third-order valence-electron chi connectivity index (χ3n) is 3.81. The molecule has 6 heteroatoms. The average Bonchev–Trinajstić information content (AvgIpc) is 2.81. The highest BCUT2D eigenvalue weighted by molar-refractivity contribution is 5.77. The number of nitrogens with zero attached hydrogens (tertiary/aromatic N) is 1. The molecule has 2 aliphatic rings. The lowest BCUT2D eigenvalue weighted by Gasteiger charge is -2.30. The number of carbonyl (C=O) groups is 1. The minimum atomic E-state index is -4.34. The molecule has 1 heterocycles. The summed E-state index contributed by atoms with van der Waals surface area (Å²) in [5, 5.41) is 2.57. The summed E-state index contributed by atoms with van der Waals surface area (Å²) < 4.78 is 39.0. The van der Waals surface area contributed by atoms with E-state index in [1.165, 1.54) is 6.07 Å². The molecule has 1 atom stereocenters. The van der Waals surface area contributed by atoms with Gasteiger partial charge >= 0.3 is 12.2 Å².